The molecule has 3 heteroatoms. The Kier molecular flexibility index (Phi) is 4.87. The van der Waals surface area contributed by atoms with Crippen molar-refractivity contribution >= 4 is 18.6 Å². The molecule has 1 aromatic rings. The Morgan fingerprint density at radius 2 is 2.00 bits per heavy atom. The molecule has 0 heterocycles. The van der Waals surface area contributed by atoms with Gasteiger partial charge in [0.15, 0.2) is 12.8 Å². The van der Waals surface area contributed by atoms with Crippen molar-refractivity contribution < 1.29 is 9.53 Å². The third kappa shape index (κ3) is 4.76. The summed E-state index contributed by atoms with van der Waals surface area (Å²) in [5, 5.41) is 11.0. The number of allylic oxidation sites excluding steroid dienone is 1. The summed E-state index contributed by atoms with van der Waals surface area (Å²) in [6, 6.07) is 9.70. The molecule has 0 radical (unpaired) electrons. The summed E-state index contributed by atoms with van der Waals surface area (Å²) in [4.78, 5) is 10.0. The molecule has 0 aliphatic heterocycles. The van der Waals surface area contributed by atoms with Crippen LogP contribution in [0.2, 0.25) is 0 Å². The molecule has 78 valence electrons. The number of carbonyl (C=O) groups excluding carboxylic acids is 1. The lowest BCUT2D eigenvalue weighted by molar-refractivity contribution is -0.450. The lowest BCUT2D eigenvalue weighted by Gasteiger charge is -1.98. The summed E-state index contributed by atoms with van der Waals surface area (Å²) in [5.74, 6) is 0. The molecule has 0 fully saturated rings. The molecule has 0 unspecified atom stereocenters. The van der Waals surface area contributed by atoms with Crippen molar-refractivity contribution in [2.45, 2.75) is 6.42 Å². The molecule has 0 aliphatic carbocycles. The number of benzene rings is 1. The monoisotopic (exact) mass is 203 g/mol. The van der Waals surface area contributed by atoms with E-state index >= 15 is 0 Å². The normalized spacial score (nSPS) is 11.9. The van der Waals surface area contributed by atoms with Crippen LogP contribution in [0, 0.1) is 5.21 Å². The Balaban J connectivity index is 2.48. The summed E-state index contributed by atoms with van der Waals surface area (Å²) < 4.78 is 0.744. The maximum Gasteiger partial charge on any atom is 0.174 e. The van der Waals surface area contributed by atoms with Crippen molar-refractivity contribution in [3.05, 3.63) is 47.2 Å². The lowest BCUT2D eigenvalue weighted by atomic mass is 10.2. The van der Waals surface area contributed by atoms with Crippen LogP contribution in [0.1, 0.15) is 12.0 Å². The van der Waals surface area contributed by atoms with Crippen molar-refractivity contribution in [1.82, 2.24) is 0 Å². The van der Waals surface area contributed by atoms with Gasteiger partial charge in [0.25, 0.3) is 0 Å². The first-order valence-corrected chi connectivity index (χ1v) is 4.77. The van der Waals surface area contributed by atoms with Gasteiger partial charge in [0.1, 0.15) is 6.29 Å². The summed E-state index contributed by atoms with van der Waals surface area (Å²) in [6.07, 6.45) is 5.92. The number of hydroxylamine groups is 1. The zero-order valence-corrected chi connectivity index (χ0v) is 8.37. The molecule has 15 heavy (non-hydrogen) atoms. The van der Waals surface area contributed by atoms with Gasteiger partial charge in [-0.1, -0.05) is 30.3 Å². The van der Waals surface area contributed by atoms with E-state index < -0.39 is 0 Å². The Hall–Kier alpha value is -1.90. The standard InChI is InChI=1S/C12H13NO2/c14-11-5-10-13(15)9-4-8-12-6-2-1-3-7-12/h1-4,6-9,11H,5,10H2/b8-4+,13-9-. The molecule has 0 amide bonds. The average Bonchev–Trinajstić information content (AvgIpc) is 2.28. The van der Waals surface area contributed by atoms with Crippen LogP contribution in [0.15, 0.2) is 36.4 Å². The van der Waals surface area contributed by atoms with Crippen molar-refractivity contribution in [3.63, 3.8) is 0 Å². The Morgan fingerprint density at radius 3 is 2.67 bits per heavy atom. The molecule has 0 atom stereocenters. The van der Waals surface area contributed by atoms with Crippen LogP contribution in [0.4, 0.5) is 0 Å². The van der Waals surface area contributed by atoms with E-state index in [2.05, 4.69) is 0 Å². The lowest BCUT2D eigenvalue weighted by Crippen LogP contribution is -2.05. The van der Waals surface area contributed by atoms with Crippen LogP contribution >= 0.6 is 0 Å². The van der Waals surface area contributed by atoms with Gasteiger partial charge in [-0.3, -0.25) is 0 Å². The average molecular weight is 203 g/mol. The first-order valence-electron chi connectivity index (χ1n) is 4.77. The molecule has 1 aromatic carbocycles. The minimum Gasteiger partial charge on any atom is -0.624 e. The van der Waals surface area contributed by atoms with Gasteiger partial charge >= 0.3 is 0 Å². The minimum atomic E-state index is 0.211. The molecule has 0 N–H and O–H groups in total. The van der Waals surface area contributed by atoms with Gasteiger partial charge < -0.3 is 10.0 Å². The molecular formula is C12H13NO2. The van der Waals surface area contributed by atoms with E-state index in [4.69, 9.17) is 0 Å². The fourth-order valence-corrected chi connectivity index (χ4v) is 1.07. The van der Waals surface area contributed by atoms with E-state index in [-0.39, 0.29) is 13.0 Å². The fraction of sp³-hybridized carbons (Fsp3) is 0.167. The van der Waals surface area contributed by atoms with Gasteiger partial charge in [-0.15, -0.1) is 0 Å². The quantitative estimate of drug-likeness (QED) is 0.241. The Morgan fingerprint density at radius 1 is 1.27 bits per heavy atom. The molecule has 0 bridgehead atoms. The van der Waals surface area contributed by atoms with Crippen LogP contribution in [0.5, 0.6) is 0 Å². The maximum absolute atomic E-state index is 11.0. The summed E-state index contributed by atoms with van der Waals surface area (Å²) >= 11 is 0. The smallest absolute Gasteiger partial charge is 0.174 e. The number of rotatable bonds is 5. The summed E-state index contributed by atoms with van der Waals surface area (Å²) in [7, 11) is 0. The Labute approximate surface area is 88.9 Å². The van der Waals surface area contributed by atoms with Gasteiger partial charge in [0.2, 0.25) is 0 Å². The predicted octanol–water partition coefficient (Wildman–Crippen LogP) is 1.87. The highest BCUT2D eigenvalue weighted by Crippen LogP contribution is 1.99. The first-order chi connectivity index (χ1) is 7.33. The zero-order valence-electron chi connectivity index (χ0n) is 8.37. The van der Waals surface area contributed by atoms with Crippen LogP contribution in [-0.4, -0.2) is 23.8 Å². The highest BCUT2D eigenvalue weighted by atomic mass is 16.5. The first kappa shape index (κ1) is 11.2. The van der Waals surface area contributed by atoms with Crippen LogP contribution < -0.4 is 0 Å². The van der Waals surface area contributed by atoms with E-state index in [1.165, 1.54) is 6.21 Å². The second-order valence-electron chi connectivity index (χ2n) is 3.01. The van der Waals surface area contributed by atoms with E-state index in [1.54, 1.807) is 6.08 Å². The van der Waals surface area contributed by atoms with Gasteiger partial charge in [0.05, 0.1) is 6.42 Å². The van der Waals surface area contributed by atoms with Crippen LogP contribution in [0.3, 0.4) is 0 Å². The van der Waals surface area contributed by atoms with Crippen LogP contribution in [0.25, 0.3) is 6.08 Å². The Bertz CT molecular complexity index is 355. The third-order valence-corrected chi connectivity index (χ3v) is 1.81. The predicted molar refractivity (Wildman–Crippen MR) is 60.7 cm³/mol. The van der Waals surface area contributed by atoms with Gasteiger partial charge in [-0.05, 0) is 11.6 Å². The van der Waals surface area contributed by atoms with E-state index in [0.717, 1.165) is 16.6 Å². The molecule has 0 spiro atoms. The molecule has 3 nitrogen and oxygen atoms in total. The highest BCUT2D eigenvalue weighted by Gasteiger charge is 1.89. The van der Waals surface area contributed by atoms with Gasteiger partial charge in [0, 0.05) is 6.08 Å². The fourth-order valence-electron chi connectivity index (χ4n) is 1.07. The molecule has 1 rings (SSSR count). The van der Waals surface area contributed by atoms with Crippen molar-refractivity contribution in [2.24, 2.45) is 0 Å². The van der Waals surface area contributed by atoms with Gasteiger partial charge in [-0.2, -0.15) is 0 Å². The summed E-state index contributed by atoms with van der Waals surface area (Å²) in [5.41, 5.74) is 1.04. The zero-order chi connectivity index (χ0) is 10.9. The van der Waals surface area contributed by atoms with Gasteiger partial charge in [-0.25, -0.2) is 4.74 Å². The second-order valence-corrected chi connectivity index (χ2v) is 3.01. The summed E-state index contributed by atoms with van der Waals surface area (Å²) in [6.45, 7) is 0.211. The number of hydrogen-bond donors (Lipinski definition) is 0. The van der Waals surface area contributed by atoms with Crippen molar-refractivity contribution in [2.75, 3.05) is 6.54 Å². The number of aldehydes is 1. The molecule has 0 saturated heterocycles. The number of carbonyl (C=O) groups is 1. The molecular weight excluding hydrogens is 190 g/mol. The van der Waals surface area contributed by atoms with Crippen molar-refractivity contribution in [1.29, 1.82) is 0 Å². The SMILES string of the molecule is O=CCC/[N+]([O-])=C/C=C/c1ccccc1. The number of hydrogen-bond acceptors (Lipinski definition) is 2. The van der Waals surface area contributed by atoms with Crippen LogP contribution in [-0.2, 0) is 4.79 Å². The van der Waals surface area contributed by atoms with E-state index in [9.17, 15) is 10.0 Å². The largest absolute Gasteiger partial charge is 0.624 e. The topological polar surface area (TPSA) is 43.1 Å². The molecule has 0 aliphatic rings. The maximum atomic E-state index is 11.0. The van der Waals surface area contributed by atoms with E-state index in [1.807, 2.05) is 36.4 Å². The third-order valence-electron chi connectivity index (χ3n) is 1.81. The number of nitrogens with zero attached hydrogens (tertiary/aromatic N) is 1. The minimum absolute atomic E-state index is 0.211. The highest BCUT2D eigenvalue weighted by molar-refractivity contribution is 5.74. The second kappa shape index (κ2) is 6.54. The van der Waals surface area contributed by atoms with Crippen molar-refractivity contribution in [3.8, 4) is 0 Å². The molecule has 0 aromatic heterocycles. The molecule has 0 saturated carbocycles. The van der Waals surface area contributed by atoms with E-state index in [0.29, 0.717) is 0 Å².